The highest BCUT2D eigenvalue weighted by Crippen LogP contribution is 2.32. The highest BCUT2D eigenvalue weighted by Gasteiger charge is 2.13. The van der Waals surface area contributed by atoms with Gasteiger partial charge in [-0.3, -0.25) is 0 Å². The van der Waals surface area contributed by atoms with Crippen molar-refractivity contribution >= 4 is 17.4 Å². The number of para-hydroxylation sites is 1. The summed E-state index contributed by atoms with van der Waals surface area (Å²) in [6.07, 6.45) is 2.49. The zero-order chi connectivity index (χ0) is 9.10. The molecule has 1 aromatic rings. The summed E-state index contributed by atoms with van der Waals surface area (Å²) in [5, 5.41) is 3.59. The zero-order valence-electron chi connectivity index (χ0n) is 7.92. The predicted molar refractivity (Wildman–Crippen MR) is 59.5 cm³/mol. The standard InChI is InChI=1S/C11H15NS/c1-2-9-7-8-13-11-6-4-3-5-10(11)12-9/h3-6,9,12H,2,7-8H2,1H3. The van der Waals surface area contributed by atoms with Crippen molar-refractivity contribution in [2.24, 2.45) is 0 Å². The van der Waals surface area contributed by atoms with Crippen LogP contribution < -0.4 is 5.32 Å². The number of fused-ring (bicyclic) bond motifs is 1. The van der Waals surface area contributed by atoms with Crippen molar-refractivity contribution in [3.05, 3.63) is 24.3 Å². The third-order valence-corrected chi connectivity index (χ3v) is 3.57. The van der Waals surface area contributed by atoms with Gasteiger partial charge in [-0.2, -0.15) is 0 Å². The first kappa shape index (κ1) is 8.95. The first-order valence-electron chi connectivity index (χ1n) is 4.88. The molecule has 0 spiro atoms. The fraction of sp³-hybridized carbons (Fsp3) is 0.455. The highest BCUT2D eigenvalue weighted by atomic mass is 32.2. The lowest BCUT2D eigenvalue weighted by Gasteiger charge is -2.14. The van der Waals surface area contributed by atoms with Gasteiger partial charge in [-0.05, 0) is 25.0 Å². The quantitative estimate of drug-likeness (QED) is 0.734. The molecule has 1 aliphatic rings. The Kier molecular flexibility index (Phi) is 2.79. The van der Waals surface area contributed by atoms with Crippen molar-refractivity contribution in [3.63, 3.8) is 0 Å². The second-order valence-electron chi connectivity index (χ2n) is 3.38. The number of anilines is 1. The van der Waals surface area contributed by atoms with Gasteiger partial charge in [0.1, 0.15) is 0 Å². The lowest BCUT2D eigenvalue weighted by Crippen LogP contribution is -2.17. The van der Waals surface area contributed by atoms with Crippen LogP contribution >= 0.6 is 11.8 Å². The Morgan fingerprint density at radius 2 is 2.31 bits per heavy atom. The molecule has 0 fully saturated rings. The van der Waals surface area contributed by atoms with E-state index in [9.17, 15) is 0 Å². The molecule has 0 saturated carbocycles. The number of rotatable bonds is 1. The maximum atomic E-state index is 3.59. The van der Waals surface area contributed by atoms with Crippen LogP contribution in [0.2, 0.25) is 0 Å². The minimum atomic E-state index is 0.663. The van der Waals surface area contributed by atoms with Crippen LogP contribution in [0.4, 0.5) is 5.69 Å². The second kappa shape index (κ2) is 4.05. The van der Waals surface area contributed by atoms with Crippen LogP contribution in [0.1, 0.15) is 19.8 Å². The summed E-state index contributed by atoms with van der Waals surface area (Å²) in [7, 11) is 0. The molecule has 0 saturated heterocycles. The molecular weight excluding hydrogens is 178 g/mol. The Balaban J connectivity index is 2.23. The molecule has 1 atom stereocenters. The summed E-state index contributed by atoms with van der Waals surface area (Å²) in [5.74, 6) is 1.24. The molecule has 1 nitrogen and oxygen atoms in total. The first-order valence-corrected chi connectivity index (χ1v) is 5.87. The Hall–Kier alpha value is -0.630. The number of benzene rings is 1. The Labute approximate surface area is 83.9 Å². The molecule has 1 aromatic carbocycles. The summed E-state index contributed by atoms with van der Waals surface area (Å²) >= 11 is 1.97. The molecule has 1 heterocycles. The molecule has 0 aliphatic carbocycles. The van der Waals surface area contributed by atoms with Gasteiger partial charge in [0.2, 0.25) is 0 Å². The van der Waals surface area contributed by atoms with Crippen molar-refractivity contribution in [2.75, 3.05) is 11.1 Å². The van der Waals surface area contributed by atoms with E-state index >= 15 is 0 Å². The molecule has 2 rings (SSSR count). The van der Waals surface area contributed by atoms with E-state index in [4.69, 9.17) is 0 Å². The van der Waals surface area contributed by atoms with Gasteiger partial charge < -0.3 is 5.32 Å². The topological polar surface area (TPSA) is 12.0 Å². The van der Waals surface area contributed by atoms with Gasteiger partial charge in [0.05, 0.1) is 0 Å². The van der Waals surface area contributed by atoms with Gasteiger partial charge in [-0.1, -0.05) is 19.1 Å². The SMILES string of the molecule is CCC1CCSc2ccccc2N1. The molecule has 0 amide bonds. The summed E-state index contributed by atoms with van der Waals surface area (Å²) in [5.41, 5.74) is 1.32. The normalized spacial score (nSPS) is 21.5. The van der Waals surface area contributed by atoms with Crippen LogP contribution in [-0.2, 0) is 0 Å². The fourth-order valence-corrected chi connectivity index (χ4v) is 2.70. The van der Waals surface area contributed by atoms with E-state index < -0.39 is 0 Å². The van der Waals surface area contributed by atoms with Crippen molar-refractivity contribution in [2.45, 2.75) is 30.7 Å². The summed E-state index contributed by atoms with van der Waals surface area (Å²) in [6, 6.07) is 9.25. The summed E-state index contributed by atoms with van der Waals surface area (Å²) in [4.78, 5) is 1.40. The lowest BCUT2D eigenvalue weighted by atomic mass is 10.1. The molecule has 0 aromatic heterocycles. The van der Waals surface area contributed by atoms with Crippen molar-refractivity contribution < 1.29 is 0 Å². The molecular formula is C11H15NS. The molecule has 70 valence electrons. The maximum absolute atomic E-state index is 3.59. The highest BCUT2D eigenvalue weighted by molar-refractivity contribution is 7.99. The van der Waals surface area contributed by atoms with E-state index in [-0.39, 0.29) is 0 Å². The van der Waals surface area contributed by atoms with E-state index in [1.807, 2.05) is 11.8 Å². The number of nitrogens with one attached hydrogen (secondary N) is 1. The Morgan fingerprint density at radius 1 is 1.46 bits per heavy atom. The van der Waals surface area contributed by atoms with Crippen LogP contribution in [0.25, 0.3) is 0 Å². The third-order valence-electron chi connectivity index (χ3n) is 2.46. The third kappa shape index (κ3) is 1.99. The lowest BCUT2D eigenvalue weighted by molar-refractivity contribution is 0.679. The largest absolute Gasteiger partial charge is 0.381 e. The van der Waals surface area contributed by atoms with E-state index in [1.54, 1.807) is 0 Å². The Morgan fingerprint density at radius 3 is 3.15 bits per heavy atom. The summed E-state index contributed by atoms with van der Waals surface area (Å²) < 4.78 is 0. The first-order chi connectivity index (χ1) is 6.40. The smallest absolute Gasteiger partial charge is 0.0480 e. The molecule has 2 heteroatoms. The minimum absolute atomic E-state index is 0.663. The monoisotopic (exact) mass is 193 g/mol. The van der Waals surface area contributed by atoms with Crippen LogP contribution in [-0.4, -0.2) is 11.8 Å². The van der Waals surface area contributed by atoms with E-state index in [2.05, 4.69) is 36.5 Å². The van der Waals surface area contributed by atoms with Gasteiger partial charge in [0.15, 0.2) is 0 Å². The predicted octanol–water partition coefficient (Wildman–Crippen LogP) is 3.37. The minimum Gasteiger partial charge on any atom is -0.381 e. The zero-order valence-corrected chi connectivity index (χ0v) is 8.73. The van der Waals surface area contributed by atoms with Crippen LogP contribution in [0, 0.1) is 0 Å². The van der Waals surface area contributed by atoms with Crippen molar-refractivity contribution in [3.8, 4) is 0 Å². The van der Waals surface area contributed by atoms with Gasteiger partial charge >= 0.3 is 0 Å². The van der Waals surface area contributed by atoms with Gasteiger partial charge in [-0.25, -0.2) is 0 Å². The number of hydrogen-bond acceptors (Lipinski definition) is 2. The number of thioether (sulfide) groups is 1. The van der Waals surface area contributed by atoms with Crippen LogP contribution in [0.5, 0.6) is 0 Å². The molecule has 0 radical (unpaired) electrons. The van der Waals surface area contributed by atoms with Gasteiger partial charge in [-0.15, -0.1) is 11.8 Å². The van der Waals surface area contributed by atoms with Crippen molar-refractivity contribution in [1.29, 1.82) is 0 Å². The molecule has 13 heavy (non-hydrogen) atoms. The molecule has 1 N–H and O–H groups in total. The van der Waals surface area contributed by atoms with Crippen molar-refractivity contribution in [1.82, 2.24) is 0 Å². The van der Waals surface area contributed by atoms with Crippen LogP contribution in [0.15, 0.2) is 29.2 Å². The molecule has 0 bridgehead atoms. The number of hydrogen-bond donors (Lipinski definition) is 1. The maximum Gasteiger partial charge on any atom is 0.0480 e. The van der Waals surface area contributed by atoms with Gasteiger partial charge in [0.25, 0.3) is 0 Å². The summed E-state index contributed by atoms with van der Waals surface area (Å²) in [6.45, 7) is 2.25. The molecule has 1 aliphatic heterocycles. The second-order valence-corrected chi connectivity index (χ2v) is 4.52. The van der Waals surface area contributed by atoms with E-state index in [1.165, 1.54) is 29.2 Å². The average Bonchev–Trinajstić information content (AvgIpc) is 2.38. The van der Waals surface area contributed by atoms with Crippen LogP contribution in [0.3, 0.4) is 0 Å². The fourth-order valence-electron chi connectivity index (χ4n) is 1.62. The van der Waals surface area contributed by atoms with E-state index in [0.29, 0.717) is 6.04 Å². The Bertz CT molecular complexity index is 285. The molecule has 1 unspecified atom stereocenters. The van der Waals surface area contributed by atoms with Gasteiger partial charge in [0, 0.05) is 22.4 Å². The van der Waals surface area contributed by atoms with E-state index in [0.717, 1.165) is 0 Å². The average molecular weight is 193 g/mol.